The van der Waals surface area contributed by atoms with Crippen LogP contribution in [0.25, 0.3) is 0 Å². The summed E-state index contributed by atoms with van der Waals surface area (Å²) in [6.45, 7) is 7.24. The molecule has 0 aromatic heterocycles. The van der Waals surface area contributed by atoms with Crippen LogP contribution in [0.2, 0.25) is 0 Å². The third-order valence-electron chi connectivity index (χ3n) is 3.60. The molecule has 0 heterocycles. The first-order valence-electron chi connectivity index (χ1n) is 7.80. The highest BCUT2D eigenvalue weighted by Gasteiger charge is 2.33. The Kier molecular flexibility index (Phi) is 5.05. The van der Waals surface area contributed by atoms with Gasteiger partial charge in [-0.15, -0.1) is 0 Å². The smallest absolute Gasteiger partial charge is 0.256 e. The van der Waals surface area contributed by atoms with E-state index in [9.17, 15) is 4.79 Å². The Balaban J connectivity index is 2.17. The maximum atomic E-state index is 12.8. The van der Waals surface area contributed by atoms with E-state index in [2.05, 4.69) is 31.0 Å². The number of amides is 1. The van der Waals surface area contributed by atoms with E-state index < -0.39 is 0 Å². The second-order valence-electron chi connectivity index (χ2n) is 5.93. The van der Waals surface area contributed by atoms with Gasteiger partial charge in [0.2, 0.25) is 0 Å². The first kappa shape index (κ1) is 14.9. The lowest BCUT2D eigenvalue weighted by molar-refractivity contribution is 0.0741. The van der Waals surface area contributed by atoms with Crippen LogP contribution < -0.4 is 5.32 Å². The standard InChI is InChI=1S/C17H26N2O/c1-4-5-12-19(14-10-11-14)17(20)15-8-6-7-9-16(15)18-13(2)3/h6-9,13-14,18H,4-5,10-12H2,1-3H3. The van der Waals surface area contributed by atoms with E-state index in [0.29, 0.717) is 12.1 Å². The number of nitrogens with one attached hydrogen (secondary N) is 1. The molecule has 1 aliphatic rings. The summed E-state index contributed by atoms with van der Waals surface area (Å²) < 4.78 is 0. The number of unbranched alkanes of at least 4 members (excludes halogenated alkanes) is 1. The van der Waals surface area contributed by atoms with Crippen LogP contribution in [0.4, 0.5) is 5.69 Å². The highest BCUT2D eigenvalue weighted by Crippen LogP contribution is 2.30. The number of benzene rings is 1. The summed E-state index contributed by atoms with van der Waals surface area (Å²) in [4.78, 5) is 14.9. The molecule has 1 aliphatic carbocycles. The monoisotopic (exact) mass is 274 g/mol. The van der Waals surface area contributed by atoms with Crippen molar-refractivity contribution in [3.8, 4) is 0 Å². The minimum absolute atomic E-state index is 0.185. The number of rotatable bonds is 7. The third kappa shape index (κ3) is 3.75. The van der Waals surface area contributed by atoms with Gasteiger partial charge in [0, 0.05) is 24.3 Å². The Morgan fingerprint density at radius 3 is 2.65 bits per heavy atom. The van der Waals surface area contributed by atoms with Crippen molar-refractivity contribution in [3.05, 3.63) is 29.8 Å². The Labute approximate surface area is 122 Å². The summed E-state index contributed by atoms with van der Waals surface area (Å²) >= 11 is 0. The predicted molar refractivity (Wildman–Crippen MR) is 84.2 cm³/mol. The number of anilines is 1. The lowest BCUT2D eigenvalue weighted by atomic mass is 10.1. The molecule has 1 fully saturated rings. The fourth-order valence-electron chi connectivity index (χ4n) is 2.43. The van der Waals surface area contributed by atoms with E-state index in [-0.39, 0.29) is 5.91 Å². The molecule has 20 heavy (non-hydrogen) atoms. The molecule has 110 valence electrons. The minimum Gasteiger partial charge on any atom is -0.382 e. The van der Waals surface area contributed by atoms with Gasteiger partial charge < -0.3 is 10.2 Å². The number of carbonyl (C=O) groups excluding carboxylic acids is 1. The molecule has 1 amide bonds. The van der Waals surface area contributed by atoms with Gasteiger partial charge in [-0.2, -0.15) is 0 Å². The predicted octanol–water partition coefficient (Wildman–Crippen LogP) is 3.91. The van der Waals surface area contributed by atoms with Crippen molar-refractivity contribution < 1.29 is 4.79 Å². The quantitative estimate of drug-likeness (QED) is 0.817. The SMILES string of the molecule is CCCCN(C(=O)c1ccccc1NC(C)C)C1CC1. The second-order valence-corrected chi connectivity index (χ2v) is 5.93. The van der Waals surface area contributed by atoms with Crippen molar-refractivity contribution in [2.45, 2.75) is 58.5 Å². The summed E-state index contributed by atoms with van der Waals surface area (Å²) in [5.41, 5.74) is 1.76. The maximum Gasteiger partial charge on any atom is 0.256 e. The van der Waals surface area contributed by atoms with Crippen molar-refractivity contribution in [1.82, 2.24) is 4.90 Å². The van der Waals surface area contributed by atoms with E-state index in [1.807, 2.05) is 24.3 Å². The van der Waals surface area contributed by atoms with Crippen LogP contribution in [0.1, 0.15) is 56.8 Å². The molecule has 0 radical (unpaired) electrons. The largest absolute Gasteiger partial charge is 0.382 e. The molecule has 3 heteroatoms. The van der Waals surface area contributed by atoms with Gasteiger partial charge in [-0.05, 0) is 45.2 Å². The molecule has 3 nitrogen and oxygen atoms in total. The van der Waals surface area contributed by atoms with Crippen molar-refractivity contribution >= 4 is 11.6 Å². The van der Waals surface area contributed by atoms with Gasteiger partial charge in [0.05, 0.1) is 5.56 Å². The van der Waals surface area contributed by atoms with Crippen LogP contribution in [-0.2, 0) is 0 Å². The van der Waals surface area contributed by atoms with Crippen LogP contribution in [0.3, 0.4) is 0 Å². The molecule has 0 bridgehead atoms. The number of nitrogens with zero attached hydrogens (tertiary/aromatic N) is 1. The van der Waals surface area contributed by atoms with Crippen molar-refractivity contribution in [1.29, 1.82) is 0 Å². The molecular formula is C17H26N2O. The van der Waals surface area contributed by atoms with Gasteiger partial charge in [0.15, 0.2) is 0 Å². The van der Waals surface area contributed by atoms with Crippen LogP contribution in [-0.4, -0.2) is 29.4 Å². The van der Waals surface area contributed by atoms with Crippen LogP contribution in [0.5, 0.6) is 0 Å². The Bertz CT molecular complexity index is 452. The minimum atomic E-state index is 0.185. The molecule has 0 spiro atoms. The summed E-state index contributed by atoms with van der Waals surface area (Å²) in [5.74, 6) is 0.185. The zero-order chi connectivity index (χ0) is 14.5. The Morgan fingerprint density at radius 1 is 1.35 bits per heavy atom. The van der Waals surface area contributed by atoms with Crippen molar-refractivity contribution in [2.24, 2.45) is 0 Å². The van der Waals surface area contributed by atoms with E-state index >= 15 is 0 Å². The fourth-order valence-corrected chi connectivity index (χ4v) is 2.43. The van der Waals surface area contributed by atoms with Crippen LogP contribution in [0.15, 0.2) is 24.3 Å². The summed E-state index contributed by atoms with van der Waals surface area (Å²) in [7, 11) is 0. The fraction of sp³-hybridized carbons (Fsp3) is 0.588. The highest BCUT2D eigenvalue weighted by molar-refractivity contribution is 6.00. The normalized spacial score (nSPS) is 14.4. The molecule has 1 aromatic rings. The molecule has 1 N–H and O–H groups in total. The molecule has 0 aliphatic heterocycles. The van der Waals surface area contributed by atoms with E-state index in [4.69, 9.17) is 0 Å². The number of hydrogen-bond acceptors (Lipinski definition) is 2. The van der Waals surface area contributed by atoms with Crippen molar-refractivity contribution in [3.63, 3.8) is 0 Å². The van der Waals surface area contributed by atoms with Crippen LogP contribution in [0, 0.1) is 0 Å². The van der Waals surface area contributed by atoms with E-state index in [0.717, 1.165) is 43.5 Å². The summed E-state index contributed by atoms with van der Waals surface area (Å²) in [6.07, 6.45) is 4.54. The zero-order valence-corrected chi connectivity index (χ0v) is 12.9. The topological polar surface area (TPSA) is 32.3 Å². The molecule has 1 aromatic carbocycles. The molecular weight excluding hydrogens is 248 g/mol. The van der Waals surface area contributed by atoms with Gasteiger partial charge in [-0.25, -0.2) is 0 Å². The molecule has 2 rings (SSSR count). The first-order chi connectivity index (χ1) is 9.63. The molecule has 1 saturated carbocycles. The molecule has 0 saturated heterocycles. The Morgan fingerprint density at radius 2 is 2.05 bits per heavy atom. The summed E-state index contributed by atoms with van der Waals surface area (Å²) in [5, 5.41) is 3.38. The van der Waals surface area contributed by atoms with Gasteiger partial charge >= 0.3 is 0 Å². The van der Waals surface area contributed by atoms with Gasteiger partial charge in [0.25, 0.3) is 5.91 Å². The zero-order valence-electron chi connectivity index (χ0n) is 12.9. The number of para-hydroxylation sites is 1. The Hall–Kier alpha value is -1.51. The average molecular weight is 274 g/mol. The third-order valence-corrected chi connectivity index (χ3v) is 3.60. The van der Waals surface area contributed by atoms with E-state index in [1.54, 1.807) is 0 Å². The van der Waals surface area contributed by atoms with Gasteiger partial charge in [0.1, 0.15) is 0 Å². The maximum absolute atomic E-state index is 12.8. The second kappa shape index (κ2) is 6.78. The molecule has 0 unspecified atom stereocenters. The average Bonchev–Trinajstić information content (AvgIpc) is 3.23. The van der Waals surface area contributed by atoms with E-state index in [1.165, 1.54) is 0 Å². The lowest BCUT2D eigenvalue weighted by Gasteiger charge is -2.24. The summed E-state index contributed by atoms with van der Waals surface area (Å²) in [6, 6.07) is 8.67. The molecule has 0 atom stereocenters. The first-order valence-corrected chi connectivity index (χ1v) is 7.80. The van der Waals surface area contributed by atoms with Crippen LogP contribution >= 0.6 is 0 Å². The highest BCUT2D eigenvalue weighted by atomic mass is 16.2. The number of carbonyl (C=O) groups is 1. The lowest BCUT2D eigenvalue weighted by Crippen LogP contribution is -2.34. The van der Waals surface area contributed by atoms with Gasteiger partial charge in [-0.3, -0.25) is 4.79 Å². The number of hydrogen-bond donors (Lipinski definition) is 1. The van der Waals surface area contributed by atoms with Gasteiger partial charge in [-0.1, -0.05) is 25.5 Å². The van der Waals surface area contributed by atoms with Crippen molar-refractivity contribution in [2.75, 3.05) is 11.9 Å².